The van der Waals surface area contributed by atoms with Gasteiger partial charge in [-0.05, 0) is 64.2 Å². The van der Waals surface area contributed by atoms with E-state index in [1.165, 1.54) is 180 Å². The molecule has 0 heterocycles. The van der Waals surface area contributed by atoms with Gasteiger partial charge in [-0.2, -0.15) is 0 Å². The molecule has 0 aromatic rings. The maximum absolute atomic E-state index is 12.4. The Labute approximate surface area is 337 Å². The number of rotatable bonds is 43. The van der Waals surface area contributed by atoms with Crippen molar-refractivity contribution >= 4 is 5.91 Å². The van der Waals surface area contributed by atoms with E-state index >= 15 is 0 Å². The first-order valence-corrected chi connectivity index (χ1v) is 23.9. The Balaban J connectivity index is 3.61. The predicted molar refractivity (Wildman–Crippen MR) is 239 cm³/mol. The van der Waals surface area contributed by atoms with Crippen molar-refractivity contribution in [2.45, 2.75) is 257 Å². The standard InChI is InChI=1S/C50H93NO3/c1-3-5-7-9-11-13-15-17-19-21-23-24-25-26-28-30-32-34-36-38-40-42-44-46-50(54)51-48(47-52)49(53)45-43-41-39-37-35-33-31-29-27-22-20-18-16-14-12-10-8-6-4-2/h23-24,26,28,35,37,43,45,48-49,52-53H,3-22,25,27,29-34,36,38-42,44,46-47H2,1-2H3,(H,51,54)/b24-23-,28-26-,37-35+,45-43+. The maximum Gasteiger partial charge on any atom is 0.220 e. The highest BCUT2D eigenvalue weighted by Crippen LogP contribution is 2.14. The van der Waals surface area contributed by atoms with Crippen LogP contribution in [0.2, 0.25) is 0 Å². The lowest BCUT2D eigenvalue weighted by Crippen LogP contribution is -2.45. The van der Waals surface area contributed by atoms with Crippen LogP contribution in [0.5, 0.6) is 0 Å². The molecule has 54 heavy (non-hydrogen) atoms. The van der Waals surface area contributed by atoms with Gasteiger partial charge in [-0.15, -0.1) is 0 Å². The fraction of sp³-hybridized carbons (Fsp3) is 0.820. The van der Waals surface area contributed by atoms with Crippen molar-refractivity contribution < 1.29 is 15.0 Å². The second-order valence-electron chi connectivity index (χ2n) is 16.2. The number of hydrogen-bond donors (Lipinski definition) is 3. The summed E-state index contributed by atoms with van der Waals surface area (Å²) in [7, 11) is 0. The molecule has 0 rings (SSSR count). The molecule has 1 amide bonds. The topological polar surface area (TPSA) is 69.6 Å². The van der Waals surface area contributed by atoms with E-state index in [2.05, 4.69) is 55.6 Å². The van der Waals surface area contributed by atoms with E-state index in [4.69, 9.17) is 0 Å². The maximum atomic E-state index is 12.4. The van der Waals surface area contributed by atoms with E-state index in [9.17, 15) is 15.0 Å². The SMILES string of the molecule is CCCCCCCCCCC/C=C\C/C=C\CCCCCCCCCC(=O)NC(CO)C(O)/C=C/CC/C=C/CCCCCCCCCCCCCCC. The zero-order chi connectivity index (χ0) is 39.3. The van der Waals surface area contributed by atoms with E-state index in [0.29, 0.717) is 6.42 Å². The van der Waals surface area contributed by atoms with E-state index < -0.39 is 12.1 Å². The summed E-state index contributed by atoms with van der Waals surface area (Å²) in [5.74, 6) is -0.0808. The Bertz CT molecular complexity index is 862. The van der Waals surface area contributed by atoms with E-state index in [-0.39, 0.29) is 12.5 Å². The third-order valence-electron chi connectivity index (χ3n) is 10.8. The minimum absolute atomic E-state index is 0.0808. The van der Waals surface area contributed by atoms with Crippen LogP contribution < -0.4 is 5.32 Å². The molecular weight excluding hydrogens is 663 g/mol. The first kappa shape index (κ1) is 52.3. The molecule has 0 aromatic carbocycles. The highest BCUT2D eigenvalue weighted by atomic mass is 16.3. The summed E-state index contributed by atoms with van der Waals surface area (Å²) in [6, 6.07) is -0.644. The van der Waals surface area contributed by atoms with Gasteiger partial charge in [0, 0.05) is 6.42 Å². The largest absolute Gasteiger partial charge is 0.394 e. The van der Waals surface area contributed by atoms with E-state index in [1.54, 1.807) is 6.08 Å². The van der Waals surface area contributed by atoms with Gasteiger partial charge in [0.05, 0.1) is 18.8 Å². The Morgan fingerprint density at radius 3 is 1.19 bits per heavy atom. The van der Waals surface area contributed by atoms with Gasteiger partial charge < -0.3 is 15.5 Å². The molecular formula is C50H93NO3. The molecule has 2 unspecified atom stereocenters. The summed E-state index contributed by atoms with van der Waals surface area (Å²) >= 11 is 0. The summed E-state index contributed by atoms with van der Waals surface area (Å²) < 4.78 is 0. The van der Waals surface area contributed by atoms with Crippen LogP contribution in [0.1, 0.15) is 245 Å². The van der Waals surface area contributed by atoms with Gasteiger partial charge >= 0.3 is 0 Å². The molecule has 0 aliphatic carbocycles. The van der Waals surface area contributed by atoms with Crippen LogP contribution in [0.4, 0.5) is 0 Å². The van der Waals surface area contributed by atoms with Gasteiger partial charge in [0.1, 0.15) is 0 Å². The highest BCUT2D eigenvalue weighted by molar-refractivity contribution is 5.76. The third kappa shape index (κ3) is 41.5. The molecule has 4 nitrogen and oxygen atoms in total. The number of nitrogens with one attached hydrogen (secondary N) is 1. The molecule has 3 N–H and O–H groups in total. The number of allylic oxidation sites excluding steroid dienone is 7. The lowest BCUT2D eigenvalue weighted by Gasteiger charge is -2.19. The predicted octanol–water partition coefficient (Wildman–Crippen LogP) is 15.1. The van der Waals surface area contributed by atoms with Crippen molar-refractivity contribution in [1.82, 2.24) is 5.32 Å². The molecule has 0 fully saturated rings. The van der Waals surface area contributed by atoms with Gasteiger partial charge in [-0.3, -0.25) is 4.79 Å². The van der Waals surface area contributed by atoms with E-state index in [1.807, 2.05) is 6.08 Å². The second kappa shape index (κ2) is 45.7. The fourth-order valence-corrected chi connectivity index (χ4v) is 7.11. The van der Waals surface area contributed by atoms with Gasteiger partial charge in [0.25, 0.3) is 0 Å². The summed E-state index contributed by atoms with van der Waals surface area (Å²) in [5.41, 5.74) is 0. The molecule has 0 aliphatic rings. The third-order valence-corrected chi connectivity index (χ3v) is 10.8. The zero-order valence-corrected chi connectivity index (χ0v) is 36.2. The van der Waals surface area contributed by atoms with Crippen LogP contribution in [-0.2, 0) is 4.79 Å². The summed E-state index contributed by atoms with van der Waals surface area (Å²) in [6.07, 6.45) is 62.3. The molecule has 2 atom stereocenters. The lowest BCUT2D eigenvalue weighted by molar-refractivity contribution is -0.123. The molecule has 0 aliphatic heterocycles. The Hall–Kier alpha value is -1.65. The molecule has 0 aromatic heterocycles. The van der Waals surface area contributed by atoms with Gasteiger partial charge in [-0.1, -0.05) is 223 Å². The van der Waals surface area contributed by atoms with Crippen LogP contribution >= 0.6 is 0 Å². The normalized spacial score (nSPS) is 13.3. The molecule has 0 spiro atoms. The number of aliphatic hydroxyl groups excluding tert-OH is 2. The zero-order valence-electron chi connectivity index (χ0n) is 36.2. The minimum atomic E-state index is -0.866. The smallest absolute Gasteiger partial charge is 0.220 e. The van der Waals surface area contributed by atoms with Crippen LogP contribution in [0, 0.1) is 0 Å². The van der Waals surface area contributed by atoms with Crippen molar-refractivity contribution in [3.8, 4) is 0 Å². The number of hydrogen-bond acceptors (Lipinski definition) is 3. The highest BCUT2D eigenvalue weighted by Gasteiger charge is 2.17. The van der Waals surface area contributed by atoms with Crippen LogP contribution in [-0.4, -0.2) is 34.9 Å². The van der Waals surface area contributed by atoms with Crippen LogP contribution in [0.3, 0.4) is 0 Å². The van der Waals surface area contributed by atoms with Crippen molar-refractivity contribution in [2.75, 3.05) is 6.61 Å². The Kier molecular flexibility index (Phi) is 44.3. The average Bonchev–Trinajstić information content (AvgIpc) is 3.18. The molecule has 0 saturated heterocycles. The summed E-state index contributed by atoms with van der Waals surface area (Å²) in [4.78, 5) is 12.4. The molecule has 0 saturated carbocycles. The van der Waals surface area contributed by atoms with Crippen molar-refractivity contribution in [2.24, 2.45) is 0 Å². The number of amides is 1. The van der Waals surface area contributed by atoms with Crippen LogP contribution in [0.25, 0.3) is 0 Å². The second-order valence-corrected chi connectivity index (χ2v) is 16.2. The quantitative estimate of drug-likeness (QED) is 0.0429. The average molecular weight is 756 g/mol. The monoisotopic (exact) mass is 756 g/mol. The lowest BCUT2D eigenvalue weighted by atomic mass is 10.0. The number of carbonyl (C=O) groups excluding carboxylic acids is 1. The first-order valence-electron chi connectivity index (χ1n) is 23.9. The van der Waals surface area contributed by atoms with Gasteiger partial charge in [0.2, 0.25) is 5.91 Å². The molecule has 4 heteroatoms. The number of carbonyl (C=O) groups is 1. The molecule has 0 radical (unpaired) electrons. The fourth-order valence-electron chi connectivity index (χ4n) is 7.11. The molecule has 0 bridgehead atoms. The van der Waals surface area contributed by atoms with E-state index in [0.717, 1.165) is 44.9 Å². The first-order chi connectivity index (χ1) is 26.7. The van der Waals surface area contributed by atoms with Crippen molar-refractivity contribution in [3.63, 3.8) is 0 Å². The summed E-state index contributed by atoms with van der Waals surface area (Å²) in [5, 5.41) is 23.0. The molecule has 316 valence electrons. The van der Waals surface area contributed by atoms with Crippen molar-refractivity contribution in [3.05, 3.63) is 48.6 Å². The summed E-state index contributed by atoms with van der Waals surface area (Å²) in [6.45, 7) is 4.30. The van der Waals surface area contributed by atoms with Crippen LogP contribution in [0.15, 0.2) is 48.6 Å². The van der Waals surface area contributed by atoms with Gasteiger partial charge in [-0.25, -0.2) is 0 Å². The Morgan fingerprint density at radius 2 is 0.778 bits per heavy atom. The van der Waals surface area contributed by atoms with Crippen molar-refractivity contribution in [1.29, 1.82) is 0 Å². The Morgan fingerprint density at radius 1 is 0.444 bits per heavy atom. The number of unbranched alkanes of at least 4 members (excludes halogenated alkanes) is 30. The number of aliphatic hydroxyl groups is 2. The minimum Gasteiger partial charge on any atom is -0.394 e. The van der Waals surface area contributed by atoms with Gasteiger partial charge in [0.15, 0.2) is 0 Å².